The molecule has 0 bridgehead atoms. The second-order valence-corrected chi connectivity index (χ2v) is 6.34. The van der Waals surface area contributed by atoms with Crippen molar-refractivity contribution in [3.05, 3.63) is 28.2 Å². The van der Waals surface area contributed by atoms with Gasteiger partial charge >= 0.3 is 0 Å². The normalized spacial score (nSPS) is 11.5. The van der Waals surface area contributed by atoms with Crippen LogP contribution in [0.5, 0.6) is 0 Å². The van der Waals surface area contributed by atoms with Crippen molar-refractivity contribution in [2.45, 2.75) is 13.3 Å². The van der Waals surface area contributed by atoms with Crippen LogP contribution in [0.25, 0.3) is 0 Å². The number of benzene rings is 1. The summed E-state index contributed by atoms with van der Waals surface area (Å²) < 4.78 is 31.7. The van der Waals surface area contributed by atoms with E-state index in [2.05, 4.69) is 20.7 Å². The van der Waals surface area contributed by atoms with Gasteiger partial charge in [0.15, 0.2) is 0 Å². The number of sulfonamides is 1. The minimum atomic E-state index is -3.31. The third kappa shape index (κ3) is 4.65. The van der Waals surface area contributed by atoms with Crippen LogP contribution in [0.1, 0.15) is 12.0 Å². The van der Waals surface area contributed by atoms with Crippen LogP contribution in [0.2, 0.25) is 0 Å². The highest BCUT2D eigenvalue weighted by molar-refractivity contribution is 9.10. The molecule has 0 saturated carbocycles. The summed E-state index contributed by atoms with van der Waals surface area (Å²) in [4.78, 5) is 0. The lowest BCUT2D eigenvalue weighted by Crippen LogP contribution is -2.18. The molecule has 0 aliphatic heterocycles. The fraction of sp³-hybridized carbons (Fsp3) is 0.455. The molecule has 0 radical (unpaired) electrons. The summed E-state index contributed by atoms with van der Waals surface area (Å²) in [6, 6.07) is 5.45. The number of methoxy groups -OCH3 is 1. The van der Waals surface area contributed by atoms with E-state index in [1.807, 2.05) is 19.1 Å². The third-order valence-electron chi connectivity index (χ3n) is 2.22. The molecular formula is C11H16BrNO3S. The summed E-state index contributed by atoms with van der Waals surface area (Å²) in [6.45, 7) is 2.35. The molecular weight excluding hydrogens is 306 g/mol. The Morgan fingerprint density at radius 1 is 1.41 bits per heavy atom. The van der Waals surface area contributed by atoms with Gasteiger partial charge in [-0.3, -0.25) is 4.72 Å². The van der Waals surface area contributed by atoms with Gasteiger partial charge in [-0.2, -0.15) is 0 Å². The number of rotatable bonds is 6. The lowest BCUT2D eigenvalue weighted by Gasteiger charge is -2.10. The monoisotopic (exact) mass is 321 g/mol. The van der Waals surface area contributed by atoms with Crippen LogP contribution in [-0.4, -0.2) is 27.9 Å². The Hall–Kier alpha value is -0.590. The van der Waals surface area contributed by atoms with Gasteiger partial charge in [0.2, 0.25) is 10.0 Å². The van der Waals surface area contributed by atoms with Gasteiger partial charge in [-0.1, -0.05) is 12.1 Å². The first kappa shape index (κ1) is 14.5. The maximum absolute atomic E-state index is 11.8. The van der Waals surface area contributed by atoms with Crippen LogP contribution in [-0.2, 0) is 14.8 Å². The van der Waals surface area contributed by atoms with E-state index < -0.39 is 10.0 Å². The highest BCUT2D eigenvalue weighted by atomic mass is 79.9. The van der Waals surface area contributed by atoms with Gasteiger partial charge in [-0.05, 0) is 40.9 Å². The Kier molecular flexibility index (Phi) is 5.42. The van der Waals surface area contributed by atoms with E-state index in [1.54, 1.807) is 13.2 Å². The van der Waals surface area contributed by atoms with Gasteiger partial charge in [-0.25, -0.2) is 8.42 Å². The molecule has 4 nitrogen and oxygen atoms in total. The van der Waals surface area contributed by atoms with Crippen molar-refractivity contribution >= 4 is 31.6 Å². The van der Waals surface area contributed by atoms with E-state index >= 15 is 0 Å². The first-order valence-electron chi connectivity index (χ1n) is 5.21. The third-order valence-corrected chi connectivity index (χ3v) is 4.63. The van der Waals surface area contributed by atoms with Crippen LogP contribution in [0.4, 0.5) is 5.69 Å². The second-order valence-electron chi connectivity index (χ2n) is 3.70. The van der Waals surface area contributed by atoms with Crippen LogP contribution in [0.15, 0.2) is 22.7 Å². The van der Waals surface area contributed by atoms with E-state index in [4.69, 9.17) is 4.74 Å². The zero-order valence-corrected chi connectivity index (χ0v) is 12.3. The highest BCUT2D eigenvalue weighted by Gasteiger charge is 2.12. The Morgan fingerprint density at radius 3 is 2.76 bits per heavy atom. The summed E-state index contributed by atoms with van der Waals surface area (Å²) in [5.41, 5.74) is 1.56. The summed E-state index contributed by atoms with van der Waals surface area (Å²) in [6.07, 6.45) is 0.481. The molecule has 1 aromatic rings. The van der Waals surface area contributed by atoms with Gasteiger partial charge < -0.3 is 4.74 Å². The number of halogens is 1. The summed E-state index contributed by atoms with van der Waals surface area (Å²) in [5, 5.41) is 0. The van der Waals surface area contributed by atoms with Crippen LogP contribution < -0.4 is 4.72 Å². The molecule has 96 valence electrons. The van der Waals surface area contributed by atoms with E-state index in [0.29, 0.717) is 18.7 Å². The topological polar surface area (TPSA) is 55.4 Å². The molecule has 0 spiro atoms. The first-order valence-corrected chi connectivity index (χ1v) is 7.65. The van der Waals surface area contributed by atoms with Gasteiger partial charge in [0, 0.05) is 18.2 Å². The van der Waals surface area contributed by atoms with Crippen LogP contribution in [0, 0.1) is 6.92 Å². The second kappa shape index (κ2) is 6.37. The molecule has 0 aliphatic rings. The molecule has 0 saturated heterocycles. The Bertz CT molecular complexity index is 474. The van der Waals surface area contributed by atoms with Crippen molar-refractivity contribution in [2.75, 3.05) is 24.2 Å². The van der Waals surface area contributed by atoms with Crippen molar-refractivity contribution in [3.63, 3.8) is 0 Å². The van der Waals surface area contributed by atoms with Crippen molar-refractivity contribution in [1.82, 2.24) is 0 Å². The molecule has 0 aromatic heterocycles. The van der Waals surface area contributed by atoms with Gasteiger partial charge in [-0.15, -0.1) is 0 Å². The lowest BCUT2D eigenvalue weighted by atomic mass is 10.2. The predicted molar refractivity (Wildman–Crippen MR) is 72.8 cm³/mol. The number of nitrogens with one attached hydrogen (secondary N) is 1. The number of aryl methyl sites for hydroxylation is 1. The van der Waals surface area contributed by atoms with Crippen molar-refractivity contribution in [1.29, 1.82) is 0 Å². The minimum Gasteiger partial charge on any atom is -0.385 e. The van der Waals surface area contributed by atoms with E-state index in [1.165, 1.54) is 0 Å². The van der Waals surface area contributed by atoms with Gasteiger partial charge in [0.1, 0.15) is 0 Å². The van der Waals surface area contributed by atoms with Gasteiger partial charge in [0.05, 0.1) is 11.4 Å². The fourth-order valence-electron chi connectivity index (χ4n) is 1.34. The largest absolute Gasteiger partial charge is 0.385 e. The average molecular weight is 322 g/mol. The van der Waals surface area contributed by atoms with Crippen LogP contribution in [0.3, 0.4) is 0 Å². The number of hydrogen-bond acceptors (Lipinski definition) is 3. The Labute approximate surface area is 111 Å². The van der Waals surface area contributed by atoms with E-state index in [-0.39, 0.29) is 5.75 Å². The molecule has 0 unspecified atom stereocenters. The molecule has 1 rings (SSSR count). The molecule has 0 amide bonds. The zero-order valence-electron chi connectivity index (χ0n) is 9.86. The smallest absolute Gasteiger partial charge is 0.232 e. The summed E-state index contributed by atoms with van der Waals surface area (Å²) in [5.74, 6) is 0.0568. The molecule has 6 heteroatoms. The maximum Gasteiger partial charge on any atom is 0.232 e. The number of ether oxygens (including phenoxy) is 1. The number of anilines is 1. The minimum absolute atomic E-state index is 0.0568. The molecule has 0 aliphatic carbocycles. The molecule has 0 atom stereocenters. The number of hydrogen-bond donors (Lipinski definition) is 1. The quantitative estimate of drug-likeness (QED) is 0.819. The summed E-state index contributed by atoms with van der Waals surface area (Å²) in [7, 11) is -1.75. The van der Waals surface area contributed by atoms with Crippen molar-refractivity contribution in [3.8, 4) is 0 Å². The average Bonchev–Trinajstić information content (AvgIpc) is 2.25. The van der Waals surface area contributed by atoms with E-state index in [9.17, 15) is 8.42 Å². The summed E-state index contributed by atoms with van der Waals surface area (Å²) >= 11 is 3.36. The van der Waals surface area contributed by atoms with Gasteiger partial charge in [0.25, 0.3) is 0 Å². The Morgan fingerprint density at radius 2 is 2.12 bits per heavy atom. The molecule has 0 heterocycles. The fourth-order valence-corrected chi connectivity index (χ4v) is 2.94. The molecule has 17 heavy (non-hydrogen) atoms. The standard InChI is InChI=1S/C11H16BrNO3S/c1-9-5-3-6-10(11(9)12)13-17(14,15)8-4-7-16-2/h3,5-6,13H,4,7-8H2,1-2H3. The molecule has 1 N–H and O–H groups in total. The predicted octanol–water partition coefficient (Wildman–Crippen LogP) is 2.54. The van der Waals surface area contributed by atoms with E-state index in [0.717, 1.165) is 10.0 Å². The maximum atomic E-state index is 11.8. The van der Waals surface area contributed by atoms with Crippen LogP contribution >= 0.6 is 15.9 Å². The molecule has 1 aromatic carbocycles. The lowest BCUT2D eigenvalue weighted by molar-refractivity contribution is 0.199. The zero-order chi connectivity index (χ0) is 12.9. The SMILES string of the molecule is COCCCS(=O)(=O)Nc1cccc(C)c1Br. The highest BCUT2D eigenvalue weighted by Crippen LogP contribution is 2.26. The Balaban J connectivity index is 2.73. The van der Waals surface area contributed by atoms with Crippen molar-refractivity contribution in [2.24, 2.45) is 0 Å². The van der Waals surface area contributed by atoms with Crippen molar-refractivity contribution < 1.29 is 13.2 Å². The molecule has 0 fully saturated rings. The first-order chi connectivity index (χ1) is 7.96.